The Morgan fingerprint density at radius 3 is 2.53 bits per heavy atom. The number of fused-ring (bicyclic) bond motifs is 1. The Hall–Kier alpha value is -3.43. The van der Waals surface area contributed by atoms with Crippen LogP contribution in [0.5, 0.6) is 0 Å². The molecule has 7 nitrogen and oxygen atoms in total. The van der Waals surface area contributed by atoms with E-state index in [1.54, 1.807) is 6.07 Å². The zero-order chi connectivity index (χ0) is 21.3. The lowest BCUT2D eigenvalue weighted by Gasteiger charge is -2.12. The monoisotopic (exact) mass is 444 g/mol. The minimum atomic E-state index is -4.02. The molecule has 0 unspecified atom stereocenters. The first kappa shape index (κ1) is 19.9. The molecule has 0 fully saturated rings. The van der Waals surface area contributed by atoms with Crippen LogP contribution in [0.3, 0.4) is 0 Å². The maximum absolute atomic E-state index is 13.1. The molecule has 2 N–H and O–H groups in total. The summed E-state index contributed by atoms with van der Waals surface area (Å²) in [5.41, 5.74) is 4.29. The fourth-order valence-electron chi connectivity index (χ4n) is 2.78. The molecule has 0 aliphatic heterocycles. The summed E-state index contributed by atoms with van der Waals surface area (Å²) in [5, 5.41) is 0.102. The van der Waals surface area contributed by atoms with Crippen molar-refractivity contribution in [2.24, 2.45) is 0 Å². The van der Waals surface area contributed by atoms with Gasteiger partial charge in [-0.3, -0.25) is 14.9 Å². The highest BCUT2D eigenvalue weighted by molar-refractivity contribution is 7.92. The first-order chi connectivity index (χ1) is 14.3. The minimum absolute atomic E-state index is 0.0177. The second-order valence-corrected chi connectivity index (χ2v) is 8.39. The van der Waals surface area contributed by atoms with Gasteiger partial charge in [-0.2, -0.15) is 0 Å². The van der Waals surface area contributed by atoms with E-state index in [2.05, 4.69) is 15.1 Å². The van der Waals surface area contributed by atoms with Crippen LogP contribution in [0.15, 0.2) is 78.0 Å². The van der Waals surface area contributed by atoms with Gasteiger partial charge in [0.05, 0.1) is 26.6 Å². The number of hydrogen-bond donors (Lipinski definition) is 2. The highest BCUT2D eigenvalue weighted by atomic mass is 35.5. The van der Waals surface area contributed by atoms with Crippen molar-refractivity contribution in [3.8, 4) is 0 Å². The smallest absolute Gasteiger partial charge is 0.270 e. The number of benzene rings is 3. The number of sulfonamides is 1. The second-order valence-electron chi connectivity index (χ2n) is 6.30. The lowest BCUT2D eigenvalue weighted by atomic mass is 10.2. The van der Waals surface area contributed by atoms with Crippen molar-refractivity contribution in [2.45, 2.75) is 4.90 Å². The number of anilines is 1. The van der Waals surface area contributed by atoms with Crippen LogP contribution in [0.1, 0.15) is 10.4 Å². The van der Waals surface area contributed by atoms with E-state index in [0.717, 1.165) is 24.3 Å². The molecule has 0 spiro atoms. The molecule has 0 aliphatic rings. The number of rotatable bonds is 5. The summed E-state index contributed by atoms with van der Waals surface area (Å²) in [6.45, 7) is 0. The third kappa shape index (κ3) is 3.98. The van der Waals surface area contributed by atoms with Gasteiger partial charge in [-0.1, -0.05) is 23.7 Å². The van der Waals surface area contributed by atoms with Gasteiger partial charge in [0.1, 0.15) is 12.1 Å². The third-order valence-electron chi connectivity index (χ3n) is 4.27. The standard InChI is InChI=1S/C20H14ClFN4O3S/c21-16-10-5-13(20(27)24-26-12-23-17-3-1-2-4-19(17)26)11-18(16)25-30(28,29)15-8-6-14(22)7-9-15/h1-12,25H,(H,24,27). The van der Waals surface area contributed by atoms with Crippen LogP contribution in [0.2, 0.25) is 5.02 Å². The first-order valence-corrected chi connectivity index (χ1v) is 10.5. The molecule has 4 aromatic rings. The number of halogens is 2. The molecular weight excluding hydrogens is 431 g/mol. The largest absolute Gasteiger partial charge is 0.278 e. The van der Waals surface area contributed by atoms with Crippen molar-refractivity contribution in [2.75, 3.05) is 10.1 Å². The van der Waals surface area contributed by atoms with E-state index in [-0.39, 0.29) is 21.2 Å². The summed E-state index contributed by atoms with van der Waals surface area (Å²) in [5.74, 6) is -1.05. The Morgan fingerprint density at radius 2 is 1.77 bits per heavy atom. The van der Waals surface area contributed by atoms with Crippen LogP contribution in [-0.4, -0.2) is 24.0 Å². The lowest BCUT2D eigenvalue weighted by Crippen LogP contribution is -2.22. The summed E-state index contributed by atoms with van der Waals surface area (Å²) in [4.78, 5) is 16.7. The molecule has 1 amide bonds. The van der Waals surface area contributed by atoms with Crippen LogP contribution >= 0.6 is 11.6 Å². The summed E-state index contributed by atoms with van der Waals surface area (Å²) in [6.07, 6.45) is 1.47. The highest BCUT2D eigenvalue weighted by Gasteiger charge is 2.18. The fourth-order valence-corrected chi connectivity index (χ4v) is 4.08. The number of aromatic nitrogens is 2. The number of amides is 1. The van der Waals surface area contributed by atoms with Crippen molar-refractivity contribution >= 4 is 44.3 Å². The number of carbonyl (C=O) groups excluding carboxylic acids is 1. The third-order valence-corrected chi connectivity index (χ3v) is 5.98. The molecule has 4 rings (SSSR count). The van der Waals surface area contributed by atoms with Gasteiger partial charge in [0, 0.05) is 5.56 Å². The molecule has 3 aromatic carbocycles. The molecule has 10 heteroatoms. The van der Waals surface area contributed by atoms with Gasteiger partial charge in [-0.05, 0) is 54.6 Å². The van der Waals surface area contributed by atoms with Gasteiger partial charge >= 0.3 is 0 Å². The second kappa shape index (κ2) is 7.77. The van der Waals surface area contributed by atoms with E-state index >= 15 is 0 Å². The summed E-state index contributed by atoms with van der Waals surface area (Å²) in [7, 11) is -4.02. The molecule has 0 atom stereocenters. The minimum Gasteiger partial charge on any atom is -0.278 e. The molecule has 1 aromatic heterocycles. The van der Waals surface area contributed by atoms with E-state index in [0.29, 0.717) is 11.0 Å². The topological polar surface area (TPSA) is 93.1 Å². The number of nitrogens with zero attached hydrogens (tertiary/aromatic N) is 2. The van der Waals surface area contributed by atoms with Gasteiger partial charge in [0.15, 0.2) is 0 Å². The number of hydrogen-bond acceptors (Lipinski definition) is 4. The molecule has 152 valence electrons. The Labute approximate surface area is 176 Å². The van der Waals surface area contributed by atoms with Crippen LogP contribution in [0.25, 0.3) is 11.0 Å². The van der Waals surface area contributed by atoms with Crippen molar-refractivity contribution in [3.63, 3.8) is 0 Å². The SMILES string of the molecule is O=C(Nn1cnc2ccccc21)c1ccc(Cl)c(NS(=O)(=O)c2ccc(F)cc2)c1. The summed E-state index contributed by atoms with van der Waals surface area (Å²) < 4.78 is 42.0. The molecule has 0 saturated heterocycles. The van der Waals surface area contributed by atoms with Gasteiger partial charge < -0.3 is 0 Å². The average Bonchev–Trinajstić information content (AvgIpc) is 3.13. The number of nitrogens with one attached hydrogen (secondary N) is 2. The highest BCUT2D eigenvalue weighted by Crippen LogP contribution is 2.26. The van der Waals surface area contributed by atoms with E-state index in [4.69, 9.17) is 11.6 Å². The van der Waals surface area contributed by atoms with Crippen LogP contribution in [-0.2, 0) is 10.0 Å². The Morgan fingerprint density at radius 1 is 1.03 bits per heavy atom. The lowest BCUT2D eigenvalue weighted by molar-refractivity contribution is 0.101. The quantitative estimate of drug-likeness (QED) is 0.486. The number of imidazole rings is 1. The van der Waals surface area contributed by atoms with Crippen LogP contribution in [0, 0.1) is 5.82 Å². The van der Waals surface area contributed by atoms with Gasteiger partial charge in [0.2, 0.25) is 0 Å². The van der Waals surface area contributed by atoms with Crippen LogP contribution < -0.4 is 10.1 Å². The van der Waals surface area contributed by atoms with Crippen molar-refractivity contribution in [1.82, 2.24) is 9.66 Å². The van der Waals surface area contributed by atoms with E-state index < -0.39 is 21.7 Å². The number of para-hydroxylation sites is 2. The van der Waals surface area contributed by atoms with Crippen LogP contribution in [0.4, 0.5) is 10.1 Å². The maximum Gasteiger partial charge on any atom is 0.270 e. The Bertz CT molecular complexity index is 1350. The Kier molecular flexibility index (Phi) is 5.15. The van der Waals surface area contributed by atoms with Crippen molar-refractivity contribution < 1.29 is 17.6 Å². The number of carbonyl (C=O) groups is 1. The molecule has 30 heavy (non-hydrogen) atoms. The molecule has 0 saturated carbocycles. The van der Waals surface area contributed by atoms with E-state index in [1.807, 2.05) is 18.2 Å². The summed E-state index contributed by atoms with van der Waals surface area (Å²) >= 11 is 6.11. The van der Waals surface area contributed by atoms with Gasteiger partial charge in [-0.25, -0.2) is 22.5 Å². The van der Waals surface area contributed by atoms with Crippen molar-refractivity contribution in [1.29, 1.82) is 0 Å². The Balaban J connectivity index is 1.59. The molecular formula is C20H14ClFN4O3S. The molecule has 0 radical (unpaired) electrons. The summed E-state index contributed by atoms with van der Waals surface area (Å²) in [6, 6.07) is 15.8. The first-order valence-electron chi connectivity index (χ1n) is 8.65. The maximum atomic E-state index is 13.1. The van der Waals surface area contributed by atoms with Gasteiger partial charge in [0.25, 0.3) is 15.9 Å². The van der Waals surface area contributed by atoms with Gasteiger partial charge in [-0.15, -0.1) is 0 Å². The van der Waals surface area contributed by atoms with E-state index in [1.165, 1.54) is 29.2 Å². The fraction of sp³-hybridized carbons (Fsp3) is 0. The normalized spacial score (nSPS) is 11.4. The zero-order valence-electron chi connectivity index (χ0n) is 15.2. The predicted octanol–water partition coefficient (Wildman–Crippen LogP) is 4.01. The zero-order valence-corrected chi connectivity index (χ0v) is 16.8. The van der Waals surface area contributed by atoms with E-state index in [9.17, 15) is 17.6 Å². The molecule has 0 aliphatic carbocycles. The average molecular weight is 445 g/mol. The molecule has 0 bridgehead atoms. The van der Waals surface area contributed by atoms with Crippen molar-refractivity contribution in [3.05, 3.63) is 89.5 Å². The molecule has 1 heterocycles. The predicted molar refractivity (Wildman–Crippen MR) is 112 cm³/mol.